The minimum atomic E-state index is -0.705. The highest BCUT2D eigenvalue weighted by Crippen LogP contribution is 2.09. The number of pyridine rings is 1. The molecule has 0 aliphatic rings. The Morgan fingerprint density at radius 3 is 2.29 bits per heavy atom. The monoisotopic (exact) mass is 286 g/mol. The lowest BCUT2D eigenvalue weighted by Crippen LogP contribution is -2.32. The number of allylic oxidation sites excluding steroid dienone is 1. The van der Waals surface area contributed by atoms with Crippen molar-refractivity contribution in [3.63, 3.8) is 0 Å². The lowest BCUT2D eigenvalue weighted by atomic mass is 10.2. The number of hydrogen-bond donors (Lipinski definition) is 0. The van der Waals surface area contributed by atoms with Crippen molar-refractivity contribution in [2.24, 2.45) is 0 Å². The molecule has 2 rings (SSSR count). The molecular weight excluding hydrogens is 270 g/mol. The molecule has 0 spiro atoms. The molecule has 0 atom stereocenters. The highest BCUT2D eigenvalue weighted by Gasteiger charge is 2.20. The van der Waals surface area contributed by atoms with E-state index in [4.69, 9.17) is 0 Å². The zero-order valence-electron chi connectivity index (χ0n) is 11.9. The summed E-state index contributed by atoms with van der Waals surface area (Å²) in [6, 6.07) is 9.91. The largest absolute Gasteiger partial charge is 0.465 e. The van der Waals surface area contributed by atoms with Crippen LogP contribution in [0.4, 0.5) is 0 Å². The van der Waals surface area contributed by atoms with Crippen LogP contribution in [0, 0.1) is 0 Å². The van der Waals surface area contributed by atoms with Crippen LogP contribution in [-0.2, 0) is 25.6 Å². The van der Waals surface area contributed by atoms with Gasteiger partial charge in [-0.25, -0.2) is 14.2 Å². The summed E-state index contributed by atoms with van der Waals surface area (Å²) >= 11 is 0. The molecule has 0 saturated heterocycles. The van der Waals surface area contributed by atoms with Crippen molar-refractivity contribution in [2.45, 2.75) is 6.54 Å². The Bertz CT molecular complexity index is 688. The molecule has 0 aliphatic heterocycles. The molecule has 21 heavy (non-hydrogen) atoms. The number of benzene rings is 1. The van der Waals surface area contributed by atoms with Crippen LogP contribution in [-0.4, -0.2) is 26.2 Å². The summed E-state index contributed by atoms with van der Waals surface area (Å²) in [5, 5.41) is 2.20. The molecule has 108 valence electrons. The topological polar surface area (TPSA) is 56.5 Å². The van der Waals surface area contributed by atoms with Gasteiger partial charge in [0.2, 0.25) is 0 Å². The predicted molar refractivity (Wildman–Crippen MR) is 76.3 cm³/mol. The first-order chi connectivity index (χ1) is 10.2. The van der Waals surface area contributed by atoms with Gasteiger partial charge in [-0.2, -0.15) is 0 Å². The molecule has 0 saturated carbocycles. The zero-order valence-corrected chi connectivity index (χ0v) is 11.9. The Labute approximate surface area is 122 Å². The van der Waals surface area contributed by atoms with Crippen LogP contribution in [0.1, 0.15) is 0 Å². The van der Waals surface area contributed by atoms with Gasteiger partial charge in [0.15, 0.2) is 18.9 Å². The number of carbonyl (C=O) groups excluding carboxylic acids is 2. The molecule has 5 heteroatoms. The number of carbonyl (C=O) groups is 2. The summed E-state index contributed by atoms with van der Waals surface area (Å²) in [7, 11) is 2.45. The molecule has 2 aromatic rings. The Morgan fingerprint density at radius 1 is 1.05 bits per heavy atom. The van der Waals surface area contributed by atoms with Gasteiger partial charge in [0.1, 0.15) is 5.57 Å². The van der Waals surface area contributed by atoms with Crippen LogP contribution in [0.5, 0.6) is 0 Å². The molecule has 0 fully saturated rings. The van der Waals surface area contributed by atoms with E-state index in [0.717, 1.165) is 10.8 Å². The van der Waals surface area contributed by atoms with Gasteiger partial charge in [-0.3, -0.25) is 0 Å². The summed E-state index contributed by atoms with van der Waals surface area (Å²) < 4.78 is 11.0. The standard InChI is InChI=1S/C16H16NO4/c1-20-15(18)14(16(19)21-2)8-10-17-9-7-12-5-3-4-6-13(12)11-17/h3-9,11H,10H2,1-2H3/q+1. The molecule has 1 aromatic heterocycles. The fourth-order valence-corrected chi connectivity index (χ4v) is 1.96. The predicted octanol–water partition coefficient (Wildman–Crippen LogP) is 1.40. The molecular formula is C16H16NO4+. The zero-order chi connectivity index (χ0) is 15.2. The van der Waals surface area contributed by atoms with E-state index in [1.54, 1.807) is 0 Å². The van der Waals surface area contributed by atoms with E-state index in [-0.39, 0.29) is 5.57 Å². The van der Waals surface area contributed by atoms with Crippen molar-refractivity contribution in [1.29, 1.82) is 0 Å². The highest BCUT2D eigenvalue weighted by molar-refractivity contribution is 6.13. The van der Waals surface area contributed by atoms with Crippen LogP contribution < -0.4 is 4.57 Å². The summed E-state index contributed by atoms with van der Waals surface area (Å²) in [5.41, 5.74) is -0.111. The number of hydrogen-bond acceptors (Lipinski definition) is 4. The maximum atomic E-state index is 11.5. The van der Waals surface area contributed by atoms with Gasteiger partial charge >= 0.3 is 11.9 Å². The smallest absolute Gasteiger partial charge is 0.345 e. The Morgan fingerprint density at radius 2 is 1.67 bits per heavy atom. The Balaban J connectivity index is 2.26. The van der Waals surface area contributed by atoms with Gasteiger partial charge in [-0.1, -0.05) is 18.2 Å². The molecule has 5 nitrogen and oxygen atoms in total. The van der Waals surface area contributed by atoms with Gasteiger partial charge in [0.25, 0.3) is 0 Å². The van der Waals surface area contributed by atoms with E-state index in [9.17, 15) is 9.59 Å². The van der Waals surface area contributed by atoms with E-state index < -0.39 is 11.9 Å². The van der Waals surface area contributed by atoms with E-state index in [1.165, 1.54) is 20.3 Å². The van der Waals surface area contributed by atoms with Crippen molar-refractivity contribution in [2.75, 3.05) is 14.2 Å². The SMILES string of the molecule is COC(=O)C(=CC[n+]1ccc2ccccc2c1)C(=O)OC. The first-order valence-electron chi connectivity index (χ1n) is 6.40. The van der Waals surface area contributed by atoms with Gasteiger partial charge in [-0.05, 0) is 11.5 Å². The quantitative estimate of drug-likeness (QED) is 0.280. The van der Waals surface area contributed by atoms with Gasteiger partial charge in [0.05, 0.1) is 14.2 Å². The Hall–Kier alpha value is -2.69. The van der Waals surface area contributed by atoms with Crippen molar-refractivity contribution in [1.82, 2.24) is 0 Å². The number of esters is 2. The third-order valence-corrected chi connectivity index (χ3v) is 3.06. The lowest BCUT2D eigenvalue weighted by molar-refractivity contribution is -0.685. The second kappa shape index (κ2) is 6.65. The van der Waals surface area contributed by atoms with Crippen molar-refractivity contribution in [3.05, 3.63) is 54.4 Å². The molecule has 1 aromatic carbocycles. The molecule has 0 N–H and O–H groups in total. The number of nitrogens with zero attached hydrogens (tertiary/aromatic N) is 1. The minimum Gasteiger partial charge on any atom is -0.465 e. The molecule has 1 heterocycles. The lowest BCUT2D eigenvalue weighted by Gasteiger charge is -2.02. The number of methoxy groups -OCH3 is 2. The van der Waals surface area contributed by atoms with Crippen molar-refractivity contribution < 1.29 is 23.6 Å². The summed E-state index contributed by atoms with van der Waals surface area (Å²) in [6.07, 6.45) is 5.31. The molecule has 0 bridgehead atoms. The average molecular weight is 286 g/mol. The van der Waals surface area contributed by atoms with Gasteiger partial charge in [0, 0.05) is 17.5 Å². The first kappa shape index (κ1) is 14.7. The minimum absolute atomic E-state index is 0.111. The van der Waals surface area contributed by atoms with E-state index in [2.05, 4.69) is 9.47 Å². The average Bonchev–Trinajstić information content (AvgIpc) is 2.54. The first-order valence-corrected chi connectivity index (χ1v) is 6.40. The fraction of sp³-hybridized carbons (Fsp3) is 0.188. The third kappa shape index (κ3) is 3.45. The number of ether oxygens (including phenoxy) is 2. The van der Waals surface area contributed by atoms with E-state index in [0.29, 0.717) is 6.54 Å². The third-order valence-electron chi connectivity index (χ3n) is 3.06. The second-order valence-corrected chi connectivity index (χ2v) is 4.37. The molecule has 0 amide bonds. The fourth-order valence-electron chi connectivity index (χ4n) is 1.96. The van der Waals surface area contributed by atoms with Gasteiger partial charge in [-0.15, -0.1) is 0 Å². The number of fused-ring (bicyclic) bond motifs is 1. The highest BCUT2D eigenvalue weighted by atomic mass is 16.5. The van der Waals surface area contributed by atoms with Crippen LogP contribution in [0.25, 0.3) is 10.8 Å². The van der Waals surface area contributed by atoms with E-state index in [1.807, 2.05) is 47.3 Å². The summed E-state index contributed by atoms with van der Waals surface area (Å²) in [4.78, 5) is 23.1. The number of aromatic nitrogens is 1. The van der Waals surface area contributed by atoms with Crippen LogP contribution in [0.15, 0.2) is 54.4 Å². The van der Waals surface area contributed by atoms with Crippen LogP contribution in [0.3, 0.4) is 0 Å². The normalized spacial score (nSPS) is 10.0. The van der Waals surface area contributed by atoms with E-state index >= 15 is 0 Å². The molecule has 0 radical (unpaired) electrons. The van der Waals surface area contributed by atoms with Gasteiger partial charge < -0.3 is 9.47 Å². The maximum absolute atomic E-state index is 11.5. The molecule has 0 unspecified atom stereocenters. The second-order valence-electron chi connectivity index (χ2n) is 4.37. The number of rotatable bonds is 4. The van der Waals surface area contributed by atoms with Crippen LogP contribution >= 0.6 is 0 Å². The van der Waals surface area contributed by atoms with Crippen molar-refractivity contribution in [3.8, 4) is 0 Å². The van der Waals surface area contributed by atoms with Crippen molar-refractivity contribution >= 4 is 22.7 Å². The Kier molecular flexibility index (Phi) is 4.66. The molecule has 0 aliphatic carbocycles. The van der Waals surface area contributed by atoms with Crippen LogP contribution in [0.2, 0.25) is 0 Å². The summed E-state index contributed by atoms with van der Waals surface area (Å²) in [6.45, 7) is 0.365. The maximum Gasteiger partial charge on any atom is 0.345 e. The summed E-state index contributed by atoms with van der Waals surface area (Å²) in [5.74, 6) is -1.41.